The van der Waals surface area contributed by atoms with E-state index in [-0.39, 0.29) is 5.91 Å². The van der Waals surface area contributed by atoms with Crippen molar-refractivity contribution in [3.63, 3.8) is 0 Å². The molecule has 4 aromatic rings. The van der Waals surface area contributed by atoms with Crippen LogP contribution in [0.15, 0.2) is 101 Å². The Hall–Kier alpha value is -4.49. The third kappa shape index (κ3) is 5.48. The fourth-order valence-corrected chi connectivity index (χ4v) is 7.55. The first kappa shape index (κ1) is 28.3. The van der Waals surface area contributed by atoms with E-state index in [1.54, 1.807) is 7.11 Å². The number of aliphatic imine (C=N–C) groups is 1. The predicted molar refractivity (Wildman–Crippen MR) is 179 cm³/mol. The molecule has 1 N–H and O–H groups in total. The van der Waals surface area contributed by atoms with Crippen molar-refractivity contribution >= 4 is 40.3 Å². The molecule has 7 rings (SSSR count). The lowest BCUT2D eigenvalue weighted by Gasteiger charge is -2.43. The number of benzene rings is 4. The molecule has 0 radical (unpaired) electrons. The van der Waals surface area contributed by atoms with E-state index >= 15 is 0 Å². The molecule has 0 unspecified atom stereocenters. The van der Waals surface area contributed by atoms with Gasteiger partial charge in [0.1, 0.15) is 0 Å². The second-order valence-electron chi connectivity index (χ2n) is 11.3. The number of methoxy groups -OCH3 is 1. The number of anilines is 1. The van der Waals surface area contributed by atoms with Crippen LogP contribution >= 0.6 is 11.8 Å². The first-order valence-electron chi connectivity index (χ1n) is 15.2. The highest BCUT2D eigenvalue weighted by Gasteiger charge is 2.35. The summed E-state index contributed by atoms with van der Waals surface area (Å²) in [7, 11) is 1.62. The van der Waals surface area contributed by atoms with Crippen LogP contribution in [0.3, 0.4) is 0 Å². The first-order chi connectivity index (χ1) is 21.6. The molecule has 3 heterocycles. The summed E-state index contributed by atoms with van der Waals surface area (Å²) in [6.45, 7) is 4.56. The van der Waals surface area contributed by atoms with Gasteiger partial charge in [-0.25, -0.2) is 4.99 Å². The highest BCUT2D eigenvalue weighted by atomic mass is 32.2. The fraction of sp³-hybridized carbons (Fsp3) is 0.243. The summed E-state index contributed by atoms with van der Waals surface area (Å²) in [5.41, 5.74) is 8.42. The maximum Gasteiger partial charge on any atom is 0.264 e. The maximum absolute atomic E-state index is 13.1. The number of carbonyl (C=O) groups excluding carboxylic acids is 1. The Balaban J connectivity index is 1.27. The van der Waals surface area contributed by atoms with Crippen molar-refractivity contribution in [2.45, 2.75) is 31.6 Å². The molecule has 0 spiro atoms. The van der Waals surface area contributed by atoms with E-state index in [0.717, 1.165) is 37.2 Å². The zero-order chi connectivity index (χ0) is 30.0. The Labute approximate surface area is 262 Å². The topological polar surface area (TPSA) is 63.2 Å². The van der Waals surface area contributed by atoms with Crippen LogP contribution < -0.4 is 19.7 Å². The molecular weight excluding hydrogens is 566 g/mol. The summed E-state index contributed by atoms with van der Waals surface area (Å²) in [4.78, 5) is 21.2. The van der Waals surface area contributed by atoms with Crippen LogP contribution in [0.25, 0.3) is 6.08 Å². The summed E-state index contributed by atoms with van der Waals surface area (Å²) in [5, 5.41) is 3.59. The molecule has 0 aromatic heterocycles. The van der Waals surface area contributed by atoms with E-state index in [4.69, 9.17) is 14.5 Å². The number of nitrogens with zero attached hydrogens (tertiary/aromatic N) is 2. The van der Waals surface area contributed by atoms with Gasteiger partial charge in [0.2, 0.25) is 0 Å². The summed E-state index contributed by atoms with van der Waals surface area (Å²) in [6.07, 6.45) is 4.00. The van der Waals surface area contributed by atoms with Crippen LogP contribution in [-0.2, 0) is 4.79 Å². The molecule has 1 saturated heterocycles. The zero-order valence-corrected chi connectivity index (χ0v) is 25.8. The van der Waals surface area contributed by atoms with Crippen LogP contribution in [0.4, 0.5) is 11.4 Å². The van der Waals surface area contributed by atoms with Gasteiger partial charge < -0.3 is 19.7 Å². The number of ether oxygens (including phenoxy) is 2. The second kappa shape index (κ2) is 12.2. The van der Waals surface area contributed by atoms with E-state index < -0.39 is 0 Å². The number of amides is 1. The zero-order valence-electron chi connectivity index (χ0n) is 25.0. The van der Waals surface area contributed by atoms with Crippen molar-refractivity contribution in [2.75, 3.05) is 31.7 Å². The molecule has 3 aliphatic heterocycles. The molecule has 222 valence electrons. The molecule has 3 aliphatic rings. The van der Waals surface area contributed by atoms with Gasteiger partial charge in [-0.15, -0.1) is 0 Å². The van der Waals surface area contributed by atoms with Gasteiger partial charge in [-0.3, -0.25) is 4.79 Å². The third-order valence-electron chi connectivity index (χ3n) is 8.67. The molecular formula is C37H35N3O3S. The standard InChI is InChI=1S/C37H35N3O3S/c1-3-43-33-20-24(14-15-32(33)42-2)21-34-36(41)39-37(44-34)38-27-22-30-28(25-10-6-4-7-11-25)16-18-40-19-17-29(31(23-27)35(30)40)26-12-8-5-9-13-26/h4-15,20-23,28-29H,3,16-19H2,1-2H3,(H,38,39,41)/b34-21-/t28-,29-/m0/s1. The van der Waals surface area contributed by atoms with Crippen molar-refractivity contribution in [3.8, 4) is 11.5 Å². The van der Waals surface area contributed by atoms with Crippen molar-refractivity contribution in [2.24, 2.45) is 4.99 Å². The Bertz CT molecular complexity index is 1680. The monoisotopic (exact) mass is 601 g/mol. The number of hydrogen-bond acceptors (Lipinski definition) is 6. The fourth-order valence-electron chi connectivity index (χ4n) is 6.70. The van der Waals surface area contributed by atoms with E-state index in [9.17, 15) is 4.79 Å². The second-order valence-corrected chi connectivity index (χ2v) is 12.3. The van der Waals surface area contributed by atoms with Gasteiger partial charge in [-0.05, 0) is 89.7 Å². The minimum atomic E-state index is -0.155. The van der Waals surface area contributed by atoms with Gasteiger partial charge in [0, 0.05) is 30.6 Å². The van der Waals surface area contributed by atoms with Crippen LogP contribution in [0.1, 0.15) is 59.4 Å². The molecule has 2 atom stereocenters. The van der Waals surface area contributed by atoms with E-state index in [1.807, 2.05) is 31.2 Å². The van der Waals surface area contributed by atoms with Crippen molar-refractivity contribution in [1.29, 1.82) is 0 Å². The number of nitrogens with one attached hydrogen (secondary N) is 1. The van der Waals surface area contributed by atoms with E-state index in [1.165, 1.54) is 39.7 Å². The third-order valence-corrected chi connectivity index (χ3v) is 9.58. The summed E-state index contributed by atoms with van der Waals surface area (Å²) >= 11 is 1.37. The molecule has 7 heteroatoms. The van der Waals surface area contributed by atoms with E-state index in [2.05, 4.69) is 83.0 Å². The summed E-state index contributed by atoms with van der Waals surface area (Å²) in [6, 6.07) is 31.8. The molecule has 0 bridgehead atoms. The van der Waals surface area contributed by atoms with Gasteiger partial charge in [0.05, 0.1) is 24.3 Å². The van der Waals surface area contributed by atoms with Crippen molar-refractivity contribution in [1.82, 2.24) is 5.32 Å². The van der Waals surface area contributed by atoms with Crippen LogP contribution in [-0.4, -0.2) is 37.9 Å². The maximum atomic E-state index is 13.1. The smallest absolute Gasteiger partial charge is 0.264 e. The average Bonchev–Trinajstić information content (AvgIpc) is 3.40. The lowest BCUT2D eigenvalue weighted by Crippen LogP contribution is -2.37. The predicted octanol–water partition coefficient (Wildman–Crippen LogP) is 7.86. The van der Waals surface area contributed by atoms with Gasteiger partial charge in [-0.1, -0.05) is 66.7 Å². The van der Waals surface area contributed by atoms with Crippen LogP contribution in [0.2, 0.25) is 0 Å². The quantitative estimate of drug-likeness (QED) is 0.219. The first-order valence-corrected chi connectivity index (χ1v) is 16.1. The Morgan fingerprint density at radius 1 is 0.886 bits per heavy atom. The number of carbonyl (C=O) groups is 1. The normalized spacial score (nSPS) is 20.9. The molecule has 6 nitrogen and oxygen atoms in total. The number of hydrogen-bond donors (Lipinski definition) is 1. The summed E-state index contributed by atoms with van der Waals surface area (Å²) in [5.74, 6) is 1.76. The molecule has 1 amide bonds. The number of amidine groups is 1. The highest BCUT2D eigenvalue weighted by molar-refractivity contribution is 8.18. The largest absolute Gasteiger partial charge is 0.493 e. The summed E-state index contributed by atoms with van der Waals surface area (Å²) < 4.78 is 11.1. The molecule has 0 aliphatic carbocycles. The highest BCUT2D eigenvalue weighted by Crippen LogP contribution is 2.50. The Morgan fingerprint density at radius 2 is 1.52 bits per heavy atom. The van der Waals surface area contributed by atoms with Crippen molar-refractivity contribution in [3.05, 3.63) is 124 Å². The molecule has 0 saturated carbocycles. The van der Waals surface area contributed by atoms with Gasteiger partial charge >= 0.3 is 0 Å². The Morgan fingerprint density at radius 3 is 2.11 bits per heavy atom. The average molecular weight is 602 g/mol. The minimum Gasteiger partial charge on any atom is -0.493 e. The van der Waals surface area contributed by atoms with Gasteiger partial charge in [0.25, 0.3) is 5.91 Å². The number of rotatable bonds is 7. The minimum absolute atomic E-state index is 0.155. The lowest BCUT2D eigenvalue weighted by molar-refractivity contribution is -0.115. The van der Waals surface area contributed by atoms with E-state index in [0.29, 0.717) is 40.0 Å². The SMILES string of the molecule is CCOc1cc(/C=C2\SC(=Nc3cc4c5c(c3)[C@H](c3ccccc3)CCN5CC[C@H]4c3ccccc3)NC2=O)ccc1OC. The van der Waals surface area contributed by atoms with Gasteiger partial charge in [-0.2, -0.15) is 0 Å². The van der Waals surface area contributed by atoms with Gasteiger partial charge in [0.15, 0.2) is 16.7 Å². The lowest BCUT2D eigenvalue weighted by atomic mass is 9.76. The van der Waals surface area contributed by atoms with Crippen molar-refractivity contribution < 1.29 is 14.3 Å². The van der Waals surface area contributed by atoms with Crippen LogP contribution in [0, 0.1) is 0 Å². The number of thioether (sulfide) groups is 1. The molecule has 44 heavy (non-hydrogen) atoms. The van der Waals surface area contributed by atoms with Crippen LogP contribution in [0.5, 0.6) is 11.5 Å². The molecule has 1 fully saturated rings. The Kier molecular flexibility index (Phi) is 7.88. The molecule has 4 aromatic carbocycles.